The zero-order valence-corrected chi connectivity index (χ0v) is 17.0. The van der Waals surface area contributed by atoms with Gasteiger partial charge < -0.3 is 20.1 Å². The van der Waals surface area contributed by atoms with Gasteiger partial charge in [0.25, 0.3) is 5.91 Å². The van der Waals surface area contributed by atoms with Gasteiger partial charge in [-0.05, 0) is 36.1 Å². The van der Waals surface area contributed by atoms with Crippen LogP contribution in [0.15, 0.2) is 42.5 Å². The maximum absolute atomic E-state index is 12.7. The van der Waals surface area contributed by atoms with E-state index >= 15 is 0 Å². The zero-order valence-electron chi connectivity index (χ0n) is 17.0. The molecule has 0 radical (unpaired) electrons. The van der Waals surface area contributed by atoms with Crippen molar-refractivity contribution in [3.8, 4) is 11.5 Å². The van der Waals surface area contributed by atoms with E-state index in [-0.39, 0.29) is 17.7 Å². The molecule has 2 aromatic rings. The second kappa shape index (κ2) is 9.78. The maximum Gasteiger partial charge on any atom is 0.252 e. The Hall–Kier alpha value is -3.02. The summed E-state index contributed by atoms with van der Waals surface area (Å²) in [6.07, 6.45) is 0. The molecule has 6 heteroatoms. The van der Waals surface area contributed by atoms with Gasteiger partial charge in [0.1, 0.15) is 17.5 Å². The molecule has 2 N–H and O–H groups in total. The first-order valence-electron chi connectivity index (χ1n) is 9.21. The molecule has 2 rings (SSSR count). The topological polar surface area (TPSA) is 76.7 Å². The van der Waals surface area contributed by atoms with Crippen molar-refractivity contribution in [1.82, 2.24) is 10.6 Å². The molecule has 0 aromatic heterocycles. The fraction of sp³-hybridized carbons (Fsp3) is 0.364. The number of hydrogen-bond donors (Lipinski definition) is 2. The van der Waals surface area contributed by atoms with Gasteiger partial charge in [-0.25, -0.2) is 0 Å². The fourth-order valence-corrected chi connectivity index (χ4v) is 2.80. The number of benzene rings is 2. The highest BCUT2D eigenvalue weighted by Crippen LogP contribution is 2.22. The molecule has 0 saturated heterocycles. The molecule has 0 heterocycles. The highest BCUT2D eigenvalue weighted by molar-refractivity contribution is 5.98. The van der Waals surface area contributed by atoms with Crippen LogP contribution in [0.4, 0.5) is 0 Å². The van der Waals surface area contributed by atoms with Crippen LogP contribution in [0.2, 0.25) is 0 Å². The van der Waals surface area contributed by atoms with Crippen molar-refractivity contribution >= 4 is 11.8 Å². The summed E-state index contributed by atoms with van der Waals surface area (Å²) in [4.78, 5) is 25.4. The van der Waals surface area contributed by atoms with Crippen molar-refractivity contribution in [2.24, 2.45) is 5.92 Å². The van der Waals surface area contributed by atoms with E-state index in [2.05, 4.69) is 10.6 Å². The lowest BCUT2D eigenvalue weighted by Crippen LogP contribution is -2.49. The Morgan fingerprint density at radius 2 is 1.61 bits per heavy atom. The number of methoxy groups -OCH3 is 2. The van der Waals surface area contributed by atoms with E-state index in [0.29, 0.717) is 23.6 Å². The Morgan fingerprint density at radius 3 is 2.14 bits per heavy atom. The van der Waals surface area contributed by atoms with Gasteiger partial charge in [0, 0.05) is 18.2 Å². The minimum atomic E-state index is -0.659. The molecule has 1 unspecified atom stereocenters. The van der Waals surface area contributed by atoms with E-state index in [9.17, 15) is 9.59 Å². The predicted molar refractivity (Wildman–Crippen MR) is 109 cm³/mol. The van der Waals surface area contributed by atoms with E-state index in [4.69, 9.17) is 9.47 Å². The molecule has 0 spiro atoms. The Balaban J connectivity index is 2.10. The minimum absolute atomic E-state index is 0.0756. The van der Waals surface area contributed by atoms with Crippen molar-refractivity contribution in [1.29, 1.82) is 0 Å². The number of nitrogens with one attached hydrogen (secondary N) is 2. The van der Waals surface area contributed by atoms with Gasteiger partial charge in [0.15, 0.2) is 0 Å². The number of carbonyl (C=O) groups is 2. The third-order valence-corrected chi connectivity index (χ3v) is 4.56. The molecule has 2 amide bonds. The number of ether oxygens (including phenoxy) is 2. The van der Waals surface area contributed by atoms with Crippen molar-refractivity contribution in [2.45, 2.75) is 33.4 Å². The van der Waals surface area contributed by atoms with Crippen LogP contribution in [-0.4, -0.2) is 32.1 Å². The van der Waals surface area contributed by atoms with Crippen molar-refractivity contribution in [3.63, 3.8) is 0 Å². The van der Waals surface area contributed by atoms with Crippen LogP contribution >= 0.6 is 0 Å². The van der Waals surface area contributed by atoms with E-state index in [1.165, 1.54) is 14.2 Å². The molecule has 0 aliphatic heterocycles. The van der Waals surface area contributed by atoms with Crippen molar-refractivity contribution in [3.05, 3.63) is 59.2 Å². The van der Waals surface area contributed by atoms with Crippen molar-refractivity contribution in [2.75, 3.05) is 14.2 Å². The Morgan fingerprint density at radius 1 is 1.00 bits per heavy atom. The first-order valence-corrected chi connectivity index (χ1v) is 9.21. The molecular weight excluding hydrogens is 356 g/mol. The quantitative estimate of drug-likeness (QED) is 0.733. The third kappa shape index (κ3) is 5.49. The third-order valence-electron chi connectivity index (χ3n) is 4.56. The van der Waals surface area contributed by atoms with E-state index in [0.717, 1.165) is 11.1 Å². The molecule has 150 valence electrons. The smallest absolute Gasteiger partial charge is 0.252 e. The fourth-order valence-electron chi connectivity index (χ4n) is 2.80. The molecular formula is C22H28N2O4. The van der Waals surface area contributed by atoms with Crippen LogP contribution in [0.25, 0.3) is 0 Å². The van der Waals surface area contributed by atoms with Gasteiger partial charge in [-0.3, -0.25) is 9.59 Å². The number of amides is 2. The molecule has 28 heavy (non-hydrogen) atoms. The number of carbonyl (C=O) groups excluding carboxylic acids is 2. The van der Waals surface area contributed by atoms with Gasteiger partial charge in [-0.2, -0.15) is 0 Å². The highest BCUT2D eigenvalue weighted by Gasteiger charge is 2.25. The first-order chi connectivity index (χ1) is 13.3. The molecule has 0 aliphatic rings. The molecule has 1 atom stereocenters. The normalized spacial score (nSPS) is 11.6. The van der Waals surface area contributed by atoms with Crippen LogP contribution in [0.5, 0.6) is 11.5 Å². The van der Waals surface area contributed by atoms with Gasteiger partial charge in [0.05, 0.1) is 14.2 Å². The molecule has 0 bridgehead atoms. The average Bonchev–Trinajstić information content (AvgIpc) is 2.70. The summed E-state index contributed by atoms with van der Waals surface area (Å²) in [5, 5.41) is 5.74. The zero-order chi connectivity index (χ0) is 20.7. The van der Waals surface area contributed by atoms with Crippen molar-refractivity contribution < 1.29 is 19.1 Å². The van der Waals surface area contributed by atoms with Gasteiger partial charge in [-0.15, -0.1) is 0 Å². The Labute approximate surface area is 166 Å². The van der Waals surface area contributed by atoms with E-state index in [1.54, 1.807) is 18.2 Å². The summed E-state index contributed by atoms with van der Waals surface area (Å²) in [5.74, 6) is 0.362. The molecule has 0 aliphatic carbocycles. The summed E-state index contributed by atoms with van der Waals surface area (Å²) in [6, 6.07) is 12.1. The van der Waals surface area contributed by atoms with Gasteiger partial charge in [-0.1, -0.05) is 38.1 Å². The molecule has 2 aromatic carbocycles. The molecule has 6 nitrogen and oxygen atoms in total. The lowest BCUT2D eigenvalue weighted by Gasteiger charge is -2.22. The number of rotatable bonds is 8. The second-order valence-corrected chi connectivity index (χ2v) is 6.94. The summed E-state index contributed by atoms with van der Waals surface area (Å²) < 4.78 is 10.4. The molecule has 0 saturated carbocycles. The highest BCUT2D eigenvalue weighted by atomic mass is 16.5. The van der Waals surface area contributed by atoms with Crippen LogP contribution < -0.4 is 20.1 Å². The lowest BCUT2D eigenvalue weighted by atomic mass is 10.0. The van der Waals surface area contributed by atoms with Crippen LogP contribution in [-0.2, 0) is 11.3 Å². The van der Waals surface area contributed by atoms with E-state index < -0.39 is 6.04 Å². The number of hydrogen-bond acceptors (Lipinski definition) is 4. The monoisotopic (exact) mass is 384 g/mol. The van der Waals surface area contributed by atoms with Gasteiger partial charge >= 0.3 is 0 Å². The summed E-state index contributed by atoms with van der Waals surface area (Å²) in [5.41, 5.74) is 2.52. The summed E-state index contributed by atoms with van der Waals surface area (Å²) in [6.45, 7) is 6.20. The SMILES string of the molecule is COc1cc(OC)cc(C(=O)NC(C(=O)NCc2ccccc2C)C(C)C)c1. The maximum atomic E-state index is 12.7. The molecule has 0 fully saturated rings. The predicted octanol–water partition coefficient (Wildman–Crippen LogP) is 3.08. The second-order valence-electron chi connectivity index (χ2n) is 6.94. The Bertz CT molecular complexity index is 811. The summed E-state index contributed by atoms with van der Waals surface area (Å²) >= 11 is 0. The number of aryl methyl sites for hydroxylation is 1. The average molecular weight is 384 g/mol. The first kappa shape index (κ1) is 21.3. The Kier molecular flexibility index (Phi) is 7.44. The van der Waals surface area contributed by atoms with Gasteiger partial charge in [0.2, 0.25) is 5.91 Å². The van der Waals surface area contributed by atoms with Crippen LogP contribution in [0, 0.1) is 12.8 Å². The largest absolute Gasteiger partial charge is 0.497 e. The standard InChI is InChI=1S/C22H28N2O4/c1-14(2)20(22(26)23-13-16-9-7-6-8-15(16)3)24-21(25)17-10-18(27-4)12-19(11-17)28-5/h6-12,14,20H,13H2,1-5H3,(H,23,26)(H,24,25). The lowest BCUT2D eigenvalue weighted by molar-refractivity contribution is -0.124. The summed E-state index contributed by atoms with van der Waals surface area (Å²) in [7, 11) is 3.04. The van der Waals surface area contributed by atoms with E-state index in [1.807, 2.05) is 45.0 Å². The minimum Gasteiger partial charge on any atom is -0.497 e. The van der Waals surface area contributed by atoms with Crippen LogP contribution in [0.1, 0.15) is 35.3 Å². The van der Waals surface area contributed by atoms with Crippen LogP contribution in [0.3, 0.4) is 0 Å².